The first-order chi connectivity index (χ1) is 16.6. The van der Waals surface area contributed by atoms with Gasteiger partial charge in [-0.25, -0.2) is 4.79 Å². The molecule has 0 unspecified atom stereocenters. The maximum atomic E-state index is 13.7. The molecule has 1 N–H and O–H groups in total. The van der Waals surface area contributed by atoms with E-state index in [2.05, 4.69) is 10.5 Å². The lowest BCUT2D eigenvalue weighted by molar-refractivity contribution is -0.155. The standard InChI is InChI=1S/C26H27N3O5/c30-23-21(28-27-19-12-6-2-7-13-19)26(25(32)33-16-18-10-4-1-5-11-18)17-34-24(31)22(26)29(23)20-14-8-3-9-15-20/h1-2,4-7,10-13,20,22,27H,3,8-9,14-17H2/b28-21-/t22-,26-/m1/s1. The Labute approximate surface area is 197 Å². The van der Waals surface area contributed by atoms with Crippen LogP contribution in [0.15, 0.2) is 65.8 Å². The van der Waals surface area contributed by atoms with E-state index in [4.69, 9.17) is 9.47 Å². The minimum Gasteiger partial charge on any atom is -0.462 e. The van der Waals surface area contributed by atoms with E-state index in [0.29, 0.717) is 5.69 Å². The molecule has 5 rings (SSSR count). The lowest BCUT2D eigenvalue weighted by atomic mass is 9.80. The highest BCUT2D eigenvalue weighted by atomic mass is 16.6. The van der Waals surface area contributed by atoms with Gasteiger partial charge in [0, 0.05) is 6.04 Å². The number of esters is 2. The number of para-hydroxylation sites is 1. The number of amides is 1. The Hall–Kier alpha value is -3.68. The molecule has 0 radical (unpaired) electrons. The van der Waals surface area contributed by atoms with Crippen molar-refractivity contribution in [3.8, 4) is 0 Å². The van der Waals surface area contributed by atoms with Crippen molar-refractivity contribution in [2.45, 2.75) is 50.8 Å². The van der Waals surface area contributed by atoms with E-state index in [1.54, 1.807) is 17.0 Å². The van der Waals surface area contributed by atoms with Crippen molar-refractivity contribution >= 4 is 29.2 Å². The van der Waals surface area contributed by atoms with Crippen molar-refractivity contribution in [1.82, 2.24) is 4.90 Å². The van der Waals surface area contributed by atoms with Gasteiger partial charge in [-0.3, -0.25) is 15.0 Å². The zero-order valence-corrected chi connectivity index (χ0v) is 18.8. The number of ether oxygens (including phenoxy) is 2. The fourth-order valence-corrected chi connectivity index (χ4v) is 5.16. The summed E-state index contributed by atoms with van der Waals surface area (Å²) in [6, 6.07) is 17.2. The predicted molar refractivity (Wildman–Crippen MR) is 125 cm³/mol. The molecule has 2 atom stereocenters. The first-order valence-electron chi connectivity index (χ1n) is 11.7. The third-order valence-corrected chi connectivity index (χ3v) is 6.89. The van der Waals surface area contributed by atoms with Crippen LogP contribution in [0.2, 0.25) is 0 Å². The van der Waals surface area contributed by atoms with Gasteiger partial charge in [-0.15, -0.1) is 0 Å². The predicted octanol–water partition coefficient (Wildman–Crippen LogP) is 3.28. The van der Waals surface area contributed by atoms with Crippen LogP contribution in [0, 0.1) is 5.41 Å². The first-order valence-corrected chi connectivity index (χ1v) is 11.7. The van der Waals surface area contributed by atoms with Crippen LogP contribution < -0.4 is 5.43 Å². The Bertz CT molecular complexity index is 1100. The Morgan fingerprint density at radius 2 is 1.71 bits per heavy atom. The number of nitrogens with one attached hydrogen (secondary N) is 1. The van der Waals surface area contributed by atoms with Crippen LogP contribution in [0.3, 0.4) is 0 Å². The van der Waals surface area contributed by atoms with Crippen molar-refractivity contribution < 1.29 is 23.9 Å². The first kappa shape index (κ1) is 22.1. The molecule has 8 nitrogen and oxygen atoms in total. The van der Waals surface area contributed by atoms with Gasteiger partial charge < -0.3 is 14.4 Å². The molecular weight excluding hydrogens is 434 g/mol. The summed E-state index contributed by atoms with van der Waals surface area (Å²) in [5, 5.41) is 4.39. The topological polar surface area (TPSA) is 97.3 Å². The molecule has 0 bridgehead atoms. The Balaban J connectivity index is 1.51. The van der Waals surface area contributed by atoms with Crippen molar-refractivity contribution in [3.63, 3.8) is 0 Å². The van der Waals surface area contributed by atoms with Gasteiger partial charge in [0.2, 0.25) is 0 Å². The minimum absolute atomic E-state index is 0.0271. The number of cyclic esters (lactones) is 1. The largest absolute Gasteiger partial charge is 0.462 e. The van der Waals surface area contributed by atoms with Crippen LogP contribution in [0.4, 0.5) is 5.69 Å². The normalized spacial score (nSPS) is 25.8. The molecule has 0 spiro atoms. The molecule has 34 heavy (non-hydrogen) atoms. The monoisotopic (exact) mass is 461 g/mol. The molecule has 0 aromatic heterocycles. The summed E-state index contributed by atoms with van der Waals surface area (Å²) in [5.74, 6) is -1.67. The molecule has 8 heteroatoms. The van der Waals surface area contributed by atoms with E-state index in [9.17, 15) is 14.4 Å². The maximum absolute atomic E-state index is 13.7. The number of carbonyl (C=O) groups excluding carboxylic acids is 3. The van der Waals surface area contributed by atoms with E-state index in [1.807, 2.05) is 48.5 Å². The van der Waals surface area contributed by atoms with Crippen LogP contribution in [0.5, 0.6) is 0 Å². The Kier molecular flexibility index (Phi) is 6.04. The van der Waals surface area contributed by atoms with Crippen molar-refractivity contribution in [3.05, 3.63) is 66.2 Å². The maximum Gasteiger partial charge on any atom is 0.330 e. The van der Waals surface area contributed by atoms with Crippen LogP contribution in [-0.2, 0) is 30.5 Å². The number of benzene rings is 2. The second kappa shape index (κ2) is 9.29. The second-order valence-electron chi connectivity index (χ2n) is 8.99. The third kappa shape index (κ3) is 3.83. The van der Waals surface area contributed by atoms with E-state index >= 15 is 0 Å². The van der Waals surface area contributed by atoms with Gasteiger partial charge in [-0.1, -0.05) is 67.8 Å². The lowest BCUT2D eigenvalue weighted by Gasteiger charge is -2.34. The second-order valence-corrected chi connectivity index (χ2v) is 8.99. The molecule has 176 valence electrons. The molecule has 2 aromatic rings. The molecule has 3 aliphatic rings. The molecule has 2 heterocycles. The number of carbonyl (C=O) groups is 3. The number of anilines is 1. The van der Waals surface area contributed by atoms with Gasteiger partial charge >= 0.3 is 11.9 Å². The summed E-state index contributed by atoms with van der Waals surface area (Å²) in [6.07, 6.45) is 4.59. The fraction of sp³-hybridized carbons (Fsp3) is 0.385. The fourth-order valence-electron chi connectivity index (χ4n) is 5.16. The third-order valence-electron chi connectivity index (χ3n) is 6.89. The summed E-state index contributed by atoms with van der Waals surface area (Å²) in [5.41, 5.74) is 2.72. The summed E-state index contributed by atoms with van der Waals surface area (Å²) in [6.45, 7) is -0.242. The van der Waals surface area contributed by atoms with Gasteiger partial charge in [-0.05, 0) is 30.5 Å². The van der Waals surface area contributed by atoms with Gasteiger partial charge in [0.25, 0.3) is 5.91 Å². The number of hydrogen-bond donors (Lipinski definition) is 1. The zero-order valence-electron chi connectivity index (χ0n) is 18.8. The van der Waals surface area contributed by atoms with Crippen molar-refractivity contribution in [1.29, 1.82) is 0 Å². The van der Waals surface area contributed by atoms with Crippen LogP contribution in [0.1, 0.15) is 37.7 Å². The van der Waals surface area contributed by atoms with Gasteiger partial charge in [-0.2, -0.15) is 5.10 Å². The lowest BCUT2D eigenvalue weighted by Crippen LogP contribution is -2.51. The summed E-state index contributed by atoms with van der Waals surface area (Å²) in [4.78, 5) is 41.8. The Morgan fingerprint density at radius 3 is 2.41 bits per heavy atom. The SMILES string of the molecule is O=C1OC[C@@]2(C(=O)OCc3ccccc3)/C(=N\Nc3ccccc3)C(=O)N(C3CCCCC3)[C@H]12. The van der Waals surface area contributed by atoms with E-state index < -0.39 is 29.3 Å². The van der Waals surface area contributed by atoms with Crippen LogP contribution in [0.25, 0.3) is 0 Å². The number of fused-ring (bicyclic) bond motifs is 1. The number of likely N-dealkylation sites (tertiary alicyclic amines) is 1. The summed E-state index contributed by atoms with van der Waals surface area (Å²) < 4.78 is 11.1. The summed E-state index contributed by atoms with van der Waals surface area (Å²) in [7, 11) is 0. The number of hydrogen-bond acceptors (Lipinski definition) is 7. The number of nitrogens with zero attached hydrogens (tertiary/aromatic N) is 2. The molecule has 3 fully saturated rings. The van der Waals surface area contributed by atoms with E-state index in [-0.39, 0.29) is 25.0 Å². The minimum atomic E-state index is -1.61. The highest BCUT2D eigenvalue weighted by Gasteiger charge is 2.71. The average Bonchev–Trinajstić information content (AvgIpc) is 3.35. The van der Waals surface area contributed by atoms with Crippen molar-refractivity contribution in [2.75, 3.05) is 12.0 Å². The zero-order chi connectivity index (χ0) is 23.5. The van der Waals surface area contributed by atoms with Crippen molar-refractivity contribution in [2.24, 2.45) is 10.5 Å². The van der Waals surface area contributed by atoms with Gasteiger partial charge in [0.1, 0.15) is 18.9 Å². The highest BCUT2D eigenvalue weighted by molar-refractivity contribution is 6.48. The van der Waals surface area contributed by atoms with Crippen LogP contribution in [-0.4, -0.2) is 47.1 Å². The molecule has 2 saturated heterocycles. The number of hydrazone groups is 1. The smallest absolute Gasteiger partial charge is 0.330 e. The highest BCUT2D eigenvalue weighted by Crippen LogP contribution is 2.45. The quantitative estimate of drug-likeness (QED) is 0.524. The van der Waals surface area contributed by atoms with E-state index in [0.717, 1.165) is 37.7 Å². The average molecular weight is 462 g/mol. The number of rotatable bonds is 6. The molecule has 2 aliphatic heterocycles. The van der Waals surface area contributed by atoms with Gasteiger partial charge in [0.05, 0.1) is 5.69 Å². The Morgan fingerprint density at radius 1 is 1.03 bits per heavy atom. The molecule has 1 amide bonds. The molecule has 2 aromatic carbocycles. The molecule has 1 saturated carbocycles. The molecular formula is C26H27N3O5. The van der Waals surface area contributed by atoms with Gasteiger partial charge in [0.15, 0.2) is 11.5 Å². The van der Waals surface area contributed by atoms with Crippen LogP contribution >= 0.6 is 0 Å². The summed E-state index contributed by atoms with van der Waals surface area (Å²) >= 11 is 0. The molecule has 1 aliphatic carbocycles. The van der Waals surface area contributed by atoms with E-state index in [1.165, 1.54) is 0 Å².